The van der Waals surface area contributed by atoms with Crippen LogP contribution in [0.2, 0.25) is 0 Å². The SMILES string of the molecule is CCNC(CC1CC(OCC)C1)c1cc2ccccc2o1. The number of hydrogen-bond acceptors (Lipinski definition) is 3. The Kier molecular flexibility index (Phi) is 4.61. The monoisotopic (exact) mass is 287 g/mol. The largest absolute Gasteiger partial charge is 0.459 e. The van der Waals surface area contributed by atoms with Gasteiger partial charge in [0.1, 0.15) is 11.3 Å². The molecule has 0 saturated heterocycles. The van der Waals surface area contributed by atoms with E-state index >= 15 is 0 Å². The van der Waals surface area contributed by atoms with E-state index in [-0.39, 0.29) is 0 Å². The van der Waals surface area contributed by atoms with Crippen LogP contribution in [0.5, 0.6) is 0 Å². The quantitative estimate of drug-likeness (QED) is 0.825. The molecule has 0 aliphatic heterocycles. The molecule has 0 radical (unpaired) electrons. The number of furan rings is 1. The molecule has 0 spiro atoms. The summed E-state index contributed by atoms with van der Waals surface area (Å²) >= 11 is 0. The number of hydrogen-bond donors (Lipinski definition) is 1. The molecule has 21 heavy (non-hydrogen) atoms. The summed E-state index contributed by atoms with van der Waals surface area (Å²) in [4.78, 5) is 0. The minimum Gasteiger partial charge on any atom is -0.459 e. The fourth-order valence-corrected chi connectivity index (χ4v) is 3.29. The van der Waals surface area contributed by atoms with Crippen molar-refractivity contribution < 1.29 is 9.15 Å². The number of para-hydroxylation sites is 1. The summed E-state index contributed by atoms with van der Waals surface area (Å²) in [6.07, 6.45) is 4.00. The van der Waals surface area contributed by atoms with Crippen LogP contribution in [-0.4, -0.2) is 19.3 Å². The van der Waals surface area contributed by atoms with Gasteiger partial charge in [0, 0.05) is 12.0 Å². The third kappa shape index (κ3) is 3.30. The van der Waals surface area contributed by atoms with Crippen LogP contribution < -0.4 is 5.32 Å². The highest BCUT2D eigenvalue weighted by atomic mass is 16.5. The fraction of sp³-hybridized carbons (Fsp3) is 0.556. The Labute approximate surface area is 126 Å². The van der Waals surface area contributed by atoms with Crippen LogP contribution >= 0.6 is 0 Å². The Morgan fingerprint density at radius 2 is 2.10 bits per heavy atom. The van der Waals surface area contributed by atoms with E-state index in [1.807, 2.05) is 12.1 Å². The number of rotatable bonds is 7. The molecule has 0 bridgehead atoms. The maximum atomic E-state index is 6.03. The topological polar surface area (TPSA) is 34.4 Å². The average molecular weight is 287 g/mol. The minimum atomic E-state index is 0.315. The Balaban J connectivity index is 1.67. The molecule has 1 atom stereocenters. The highest BCUT2D eigenvalue weighted by Crippen LogP contribution is 2.38. The van der Waals surface area contributed by atoms with Crippen molar-refractivity contribution in [1.29, 1.82) is 0 Å². The molecule has 0 amide bonds. The van der Waals surface area contributed by atoms with Crippen LogP contribution in [0.15, 0.2) is 34.7 Å². The zero-order valence-electron chi connectivity index (χ0n) is 13.0. The van der Waals surface area contributed by atoms with E-state index in [1.54, 1.807) is 0 Å². The molecule has 1 aromatic carbocycles. The Morgan fingerprint density at radius 1 is 1.29 bits per heavy atom. The summed E-state index contributed by atoms with van der Waals surface area (Å²) in [7, 11) is 0. The molecular formula is C18H25NO2. The fourth-order valence-electron chi connectivity index (χ4n) is 3.29. The van der Waals surface area contributed by atoms with Crippen molar-refractivity contribution in [3.8, 4) is 0 Å². The molecule has 1 fully saturated rings. The number of benzene rings is 1. The lowest BCUT2D eigenvalue weighted by Gasteiger charge is -2.36. The number of ether oxygens (including phenoxy) is 1. The average Bonchev–Trinajstić information content (AvgIpc) is 2.88. The predicted molar refractivity (Wildman–Crippen MR) is 85.4 cm³/mol. The molecule has 1 aromatic heterocycles. The zero-order chi connectivity index (χ0) is 14.7. The van der Waals surface area contributed by atoms with Crippen LogP contribution in [-0.2, 0) is 4.74 Å². The number of nitrogens with one attached hydrogen (secondary N) is 1. The molecule has 1 N–H and O–H groups in total. The molecule has 3 rings (SSSR count). The van der Waals surface area contributed by atoms with Crippen molar-refractivity contribution in [1.82, 2.24) is 5.32 Å². The van der Waals surface area contributed by atoms with Crippen molar-refractivity contribution in [3.05, 3.63) is 36.1 Å². The number of fused-ring (bicyclic) bond motifs is 1. The third-order valence-electron chi connectivity index (χ3n) is 4.40. The van der Waals surface area contributed by atoms with E-state index in [9.17, 15) is 0 Å². The standard InChI is InChI=1S/C18H25NO2/c1-3-19-16(11-13-9-15(10-13)20-4-2)18-12-14-7-5-6-8-17(14)21-18/h5-8,12-13,15-16,19H,3-4,9-11H2,1-2H3. The van der Waals surface area contributed by atoms with Crippen LogP contribution in [0.3, 0.4) is 0 Å². The van der Waals surface area contributed by atoms with Crippen molar-refractivity contribution in [3.63, 3.8) is 0 Å². The maximum Gasteiger partial charge on any atom is 0.134 e. The van der Waals surface area contributed by atoms with Gasteiger partial charge < -0.3 is 14.5 Å². The van der Waals surface area contributed by atoms with Gasteiger partial charge in [-0.25, -0.2) is 0 Å². The van der Waals surface area contributed by atoms with E-state index < -0.39 is 0 Å². The van der Waals surface area contributed by atoms with Crippen LogP contribution in [0.4, 0.5) is 0 Å². The van der Waals surface area contributed by atoms with Gasteiger partial charge in [0.2, 0.25) is 0 Å². The second kappa shape index (κ2) is 6.63. The summed E-state index contributed by atoms with van der Waals surface area (Å²) in [6, 6.07) is 10.7. The Hall–Kier alpha value is -1.32. The summed E-state index contributed by atoms with van der Waals surface area (Å²) in [5, 5.41) is 4.76. The van der Waals surface area contributed by atoms with Crippen LogP contribution in [0, 0.1) is 5.92 Å². The summed E-state index contributed by atoms with van der Waals surface area (Å²) in [6.45, 7) is 6.02. The molecule has 114 valence electrons. The second-order valence-electron chi connectivity index (χ2n) is 5.95. The lowest BCUT2D eigenvalue weighted by Crippen LogP contribution is -2.34. The molecule has 1 aliphatic carbocycles. The zero-order valence-corrected chi connectivity index (χ0v) is 13.0. The first-order valence-corrected chi connectivity index (χ1v) is 8.13. The molecule has 1 heterocycles. The third-order valence-corrected chi connectivity index (χ3v) is 4.40. The molecular weight excluding hydrogens is 262 g/mol. The molecule has 2 aromatic rings. The molecule has 3 nitrogen and oxygen atoms in total. The van der Waals surface area contributed by atoms with Gasteiger partial charge in [-0.2, -0.15) is 0 Å². The van der Waals surface area contributed by atoms with Gasteiger partial charge in [-0.15, -0.1) is 0 Å². The van der Waals surface area contributed by atoms with Crippen molar-refractivity contribution in [2.45, 2.75) is 45.3 Å². The minimum absolute atomic E-state index is 0.315. The first-order valence-electron chi connectivity index (χ1n) is 8.13. The van der Waals surface area contributed by atoms with E-state index in [0.29, 0.717) is 12.1 Å². The maximum absolute atomic E-state index is 6.03. The first kappa shape index (κ1) is 14.6. The van der Waals surface area contributed by atoms with Gasteiger partial charge >= 0.3 is 0 Å². The lowest BCUT2D eigenvalue weighted by molar-refractivity contribution is -0.0296. The first-order chi connectivity index (χ1) is 10.3. The molecule has 1 aliphatic rings. The van der Waals surface area contributed by atoms with E-state index in [2.05, 4.69) is 37.4 Å². The van der Waals surface area contributed by atoms with Gasteiger partial charge in [-0.05, 0) is 50.8 Å². The van der Waals surface area contributed by atoms with E-state index in [4.69, 9.17) is 9.15 Å². The van der Waals surface area contributed by atoms with Gasteiger partial charge in [0.25, 0.3) is 0 Å². The summed E-state index contributed by atoms with van der Waals surface area (Å²) in [5.74, 6) is 1.82. The molecule has 3 heteroatoms. The van der Waals surface area contributed by atoms with Crippen molar-refractivity contribution in [2.75, 3.05) is 13.2 Å². The highest BCUT2D eigenvalue weighted by molar-refractivity contribution is 5.77. The van der Waals surface area contributed by atoms with Crippen LogP contribution in [0.25, 0.3) is 11.0 Å². The normalized spacial score (nSPS) is 23.1. The van der Waals surface area contributed by atoms with E-state index in [1.165, 1.54) is 18.2 Å². The highest BCUT2D eigenvalue weighted by Gasteiger charge is 2.32. The Bertz CT molecular complexity index is 538. The smallest absolute Gasteiger partial charge is 0.134 e. The Morgan fingerprint density at radius 3 is 2.81 bits per heavy atom. The second-order valence-corrected chi connectivity index (χ2v) is 5.95. The van der Waals surface area contributed by atoms with Crippen molar-refractivity contribution in [2.24, 2.45) is 5.92 Å². The van der Waals surface area contributed by atoms with Gasteiger partial charge in [-0.1, -0.05) is 25.1 Å². The predicted octanol–water partition coefficient (Wildman–Crippen LogP) is 4.29. The van der Waals surface area contributed by atoms with Crippen LogP contribution in [0.1, 0.15) is 44.9 Å². The molecule has 1 saturated carbocycles. The summed E-state index contributed by atoms with van der Waals surface area (Å²) < 4.78 is 11.7. The van der Waals surface area contributed by atoms with Gasteiger partial charge in [0.15, 0.2) is 0 Å². The van der Waals surface area contributed by atoms with Gasteiger partial charge in [-0.3, -0.25) is 0 Å². The van der Waals surface area contributed by atoms with Gasteiger partial charge in [0.05, 0.1) is 12.1 Å². The van der Waals surface area contributed by atoms with E-state index in [0.717, 1.165) is 36.8 Å². The summed E-state index contributed by atoms with van der Waals surface area (Å²) in [5.41, 5.74) is 0.983. The molecule has 1 unspecified atom stereocenters. The van der Waals surface area contributed by atoms with Crippen molar-refractivity contribution >= 4 is 11.0 Å². The lowest BCUT2D eigenvalue weighted by atomic mass is 9.78.